The predicted molar refractivity (Wildman–Crippen MR) is 112 cm³/mol. The maximum atomic E-state index is 12.4. The summed E-state index contributed by atoms with van der Waals surface area (Å²) in [4.78, 5) is 29.3. The highest BCUT2D eigenvalue weighted by Crippen LogP contribution is 2.29. The number of ether oxygens (including phenoxy) is 2. The first-order valence-electron chi connectivity index (χ1n) is 9.08. The van der Waals surface area contributed by atoms with Crippen LogP contribution in [0.2, 0.25) is 0 Å². The highest BCUT2D eigenvalue weighted by Gasteiger charge is 2.18. The Morgan fingerprint density at radius 1 is 1.07 bits per heavy atom. The van der Waals surface area contributed by atoms with Crippen LogP contribution in [0.1, 0.15) is 26.5 Å². The molecule has 7 heteroatoms. The van der Waals surface area contributed by atoms with Gasteiger partial charge in [0.05, 0.1) is 12.8 Å². The van der Waals surface area contributed by atoms with Gasteiger partial charge in [-0.2, -0.15) is 0 Å². The van der Waals surface area contributed by atoms with Crippen LogP contribution in [0.15, 0.2) is 48.5 Å². The first-order chi connectivity index (χ1) is 14.0. The molecule has 0 aliphatic rings. The molecule has 0 bridgehead atoms. The summed E-state index contributed by atoms with van der Waals surface area (Å²) in [6.07, 6.45) is 0. The Morgan fingerprint density at radius 2 is 1.79 bits per heavy atom. The van der Waals surface area contributed by atoms with Gasteiger partial charge < -0.3 is 14.8 Å². The molecule has 0 atom stereocenters. The minimum Gasteiger partial charge on any atom is -0.497 e. The summed E-state index contributed by atoms with van der Waals surface area (Å²) in [5, 5.41) is 3.47. The number of aromatic nitrogens is 1. The molecule has 0 spiro atoms. The largest absolute Gasteiger partial charge is 0.497 e. The summed E-state index contributed by atoms with van der Waals surface area (Å²) >= 11 is 1.24. The molecule has 6 nitrogen and oxygen atoms in total. The number of amides is 1. The van der Waals surface area contributed by atoms with Crippen LogP contribution < -0.4 is 10.1 Å². The van der Waals surface area contributed by atoms with Gasteiger partial charge >= 0.3 is 5.97 Å². The van der Waals surface area contributed by atoms with E-state index in [0.717, 1.165) is 22.4 Å². The Hall–Kier alpha value is -3.19. The molecule has 1 amide bonds. The predicted octanol–water partition coefficient (Wildman–Crippen LogP) is 3.91. The smallest absolute Gasteiger partial charge is 0.350 e. The van der Waals surface area contributed by atoms with Crippen molar-refractivity contribution in [1.29, 1.82) is 0 Å². The number of rotatable bonds is 7. The summed E-state index contributed by atoms with van der Waals surface area (Å²) < 4.78 is 10.3. The minimum atomic E-state index is -0.550. The normalized spacial score (nSPS) is 10.4. The van der Waals surface area contributed by atoms with Gasteiger partial charge in [-0.3, -0.25) is 4.79 Å². The lowest BCUT2D eigenvalue weighted by Gasteiger charge is -2.08. The first-order valence-corrected chi connectivity index (χ1v) is 9.89. The van der Waals surface area contributed by atoms with Crippen LogP contribution in [-0.4, -0.2) is 30.6 Å². The molecule has 0 radical (unpaired) electrons. The number of aryl methyl sites for hydroxylation is 2. The van der Waals surface area contributed by atoms with Crippen LogP contribution in [0, 0.1) is 13.8 Å². The topological polar surface area (TPSA) is 77.5 Å². The van der Waals surface area contributed by atoms with E-state index in [-0.39, 0.29) is 12.5 Å². The molecule has 2 aromatic carbocycles. The van der Waals surface area contributed by atoms with Crippen LogP contribution in [0.5, 0.6) is 5.75 Å². The van der Waals surface area contributed by atoms with Crippen LogP contribution in [0.3, 0.4) is 0 Å². The lowest BCUT2D eigenvalue weighted by molar-refractivity contribution is -0.124. The molecule has 0 fully saturated rings. The van der Waals surface area contributed by atoms with E-state index in [4.69, 9.17) is 9.47 Å². The number of nitrogens with zero attached hydrogens (tertiary/aromatic N) is 1. The SMILES string of the molecule is COc1ccc(-c2nc(C)c(C(=O)OCC(=O)NCc3ccccc3C)s2)cc1. The Labute approximate surface area is 173 Å². The Balaban J connectivity index is 1.57. The van der Waals surface area contributed by atoms with Crippen LogP contribution in [-0.2, 0) is 16.1 Å². The fourth-order valence-electron chi connectivity index (χ4n) is 2.69. The molecule has 29 heavy (non-hydrogen) atoms. The second-order valence-corrected chi connectivity index (χ2v) is 7.44. The number of benzene rings is 2. The average molecular weight is 410 g/mol. The molecular weight excluding hydrogens is 388 g/mol. The highest BCUT2D eigenvalue weighted by molar-refractivity contribution is 7.17. The maximum Gasteiger partial charge on any atom is 0.350 e. The second kappa shape index (κ2) is 9.34. The van der Waals surface area contributed by atoms with Crippen molar-refractivity contribution in [2.45, 2.75) is 20.4 Å². The lowest BCUT2D eigenvalue weighted by atomic mass is 10.1. The van der Waals surface area contributed by atoms with Gasteiger partial charge in [0, 0.05) is 12.1 Å². The molecule has 150 valence electrons. The number of hydrogen-bond donors (Lipinski definition) is 1. The van der Waals surface area contributed by atoms with Crippen molar-refractivity contribution in [2.75, 3.05) is 13.7 Å². The molecule has 3 aromatic rings. The highest BCUT2D eigenvalue weighted by atomic mass is 32.1. The molecule has 0 aliphatic carbocycles. The fourth-order valence-corrected chi connectivity index (χ4v) is 3.66. The molecule has 3 rings (SSSR count). The number of esters is 1. The first kappa shape index (κ1) is 20.5. The zero-order chi connectivity index (χ0) is 20.8. The zero-order valence-electron chi connectivity index (χ0n) is 16.5. The standard InChI is InChI=1S/C22H22N2O4S/c1-14-6-4-5-7-17(14)12-23-19(25)13-28-22(26)20-15(2)24-21(29-20)16-8-10-18(27-3)11-9-16/h4-11H,12-13H2,1-3H3,(H,23,25). The Kier molecular flexibility index (Phi) is 6.61. The molecule has 1 aromatic heterocycles. The van der Waals surface area contributed by atoms with Gasteiger partial charge in [0.15, 0.2) is 6.61 Å². The lowest BCUT2D eigenvalue weighted by Crippen LogP contribution is -2.28. The van der Waals surface area contributed by atoms with E-state index >= 15 is 0 Å². The van der Waals surface area contributed by atoms with E-state index in [1.807, 2.05) is 55.5 Å². The van der Waals surface area contributed by atoms with Crippen LogP contribution in [0.4, 0.5) is 0 Å². The summed E-state index contributed by atoms with van der Waals surface area (Å²) in [5.74, 6) is -0.150. The molecule has 0 saturated carbocycles. The van der Waals surface area contributed by atoms with E-state index in [0.29, 0.717) is 22.1 Å². The van der Waals surface area contributed by atoms with Crippen molar-refractivity contribution < 1.29 is 19.1 Å². The third-order valence-electron chi connectivity index (χ3n) is 4.39. The van der Waals surface area contributed by atoms with Crippen molar-refractivity contribution in [2.24, 2.45) is 0 Å². The Bertz CT molecular complexity index is 1010. The molecule has 1 N–H and O–H groups in total. The molecule has 0 aliphatic heterocycles. The number of thiazole rings is 1. The van der Waals surface area contributed by atoms with Gasteiger partial charge in [-0.1, -0.05) is 24.3 Å². The van der Waals surface area contributed by atoms with Gasteiger partial charge in [0.2, 0.25) is 0 Å². The zero-order valence-corrected chi connectivity index (χ0v) is 17.3. The van der Waals surface area contributed by atoms with Gasteiger partial charge in [0.1, 0.15) is 15.6 Å². The molecule has 0 unspecified atom stereocenters. The molecule has 0 saturated heterocycles. The van der Waals surface area contributed by atoms with Crippen molar-refractivity contribution in [3.8, 4) is 16.3 Å². The van der Waals surface area contributed by atoms with Crippen molar-refractivity contribution >= 4 is 23.2 Å². The second-order valence-electron chi connectivity index (χ2n) is 6.44. The number of hydrogen-bond acceptors (Lipinski definition) is 6. The van der Waals surface area contributed by atoms with Gasteiger partial charge in [-0.15, -0.1) is 11.3 Å². The number of nitrogens with one attached hydrogen (secondary N) is 1. The van der Waals surface area contributed by atoms with Crippen molar-refractivity contribution in [3.05, 3.63) is 70.2 Å². The average Bonchev–Trinajstić information content (AvgIpc) is 3.13. The molecule has 1 heterocycles. The van der Waals surface area contributed by atoms with E-state index in [2.05, 4.69) is 10.3 Å². The van der Waals surface area contributed by atoms with Gasteiger partial charge in [-0.25, -0.2) is 9.78 Å². The molecular formula is C22H22N2O4S. The number of carbonyl (C=O) groups is 2. The van der Waals surface area contributed by atoms with E-state index in [1.165, 1.54) is 11.3 Å². The van der Waals surface area contributed by atoms with Gasteiger partial charge in [-0.05, 0) is 49.2 Å². The van der Waals surface area contributed by atoms with Crippen LogP contribution >= 0.6 is 11.3 Å². The fraction of sp³-hybridized carbons (Fsp3) is 0.227. The van der Waals surface area contributed by atoms with Crippen molar-refractivity contribution in [3.63, 3.8) is 0 Å². The quantitative estimate of drug-likeness (QED) is 0.598. The summed E-state index contributed by atoms with van der Waals surface area (Å²) in [5.41, 5.74) is 3.57. The third kappa shape index (κ3) is 5.20. The number of carbonyl (C=O) groups excluding carboxylic acids is 2. The van der Waals surface area contributed by atoms with Crippen LogP contribution in [0.25, 0.3) is 10.6 Å². The minimum absolute atomic E-state index is 0.333. The van der Waals surface area contributed by atoms with E-state index in [1.54, 1.807) is 14.0 Å². The maximum absolute atomic E-state index is 12.4. The monoisotopic (exact) mass is 410 g/mol. The third-order valence-corrected chi connectivity index (χ3v) is 5.58. The van der Waals surface area contributed by atoms with E-state index < -0.39 is 5.97 Å². The summed E-state index contributed by atoms with van der Waals surface area (Å²) in [7, 11) is 1.60. The van der Waals surface area contributed by atoms with Gasteiger partial charge in [0.25, 0.3) is 5.91 Å². The van der Waals surface area contributed by atoms with E-state index in [9.17, 15) is 9.59 Å². The number of methoxy groups -OCH3 is 1. The summed E-state index contributed by atoms with van der Waals surface area (Å²) in [6.45, 7) is 3.79. The van der Waals surface area contributed by atoms with Crippen molar-refractivity contribution in [1.82, 2.24) is 10.3 Å². The summed E-state index contributed by atoms with van der Waals surface area (Å²) in [6, 6.07) is 15.2. The Morgan fingerprint density at radius 3 is 2.48 bits per heavy atom.